The average molecular weight is 391 g/mol. The molecule has 7 heteroatoms. The van der Waals surface area contributed by atoms with Crippen molar-refractivity contribution in [2.45, 2.75) is 32.7 Å². The molecule has 27 heavy (non-hydrogen) atoms. The normalized spacial score (nSPS) is 12.3. The average Bonchev–Trinajstić information content (AvgIpc) is 2.66. The Morgan fingerprint density at radius 1 is 1.11 bits per heavy atom. The van der Waals surface area contributed by atoms with E-state index in [9.17, 15) is 13.2 Å². The number of hydrogen-bond donors (Lipinski definition) is 2. The number of hydrogen-bond acceptors (Lipinski definition) is 4. The predicted octanol–water partition coefficient (Wildman–Crippen LogP) is 3.73. The molecule has 0 unspecified atom stereocenters. The van der Waals surface area contributed by atoms with Gasteiger partial charge >= 0.3 is 0 Å². The molecule has 0 fully saturated rings. The highest BCUT2D eigenvalue weighted by Crippen LogP contribution is 2.25. The largest absolute Gasteiger partial charge is 0.497 e. The maximum Gasteiger partial charge on any atom is 0.254 e. The lowest BCUT2D eigenvalue weighted by molar-refractivity contribution is 0.0936. The zero-order valence-electron chi connectivity index (χ0n) is 15.9. The van der Waals surface area contributed by atoms with Crippen LogP contribution in [0.5, 0.6) is 5.75 Å². The zero-order chi connectivity index (χ0) is 19.9. The number of carbonyl (C=O) groups is 1. The Kier molecular flexibility index (Phi) is 7.24. The summed E-state index contributed by atoms with van der Waals surface area (Å²) in [5.74, 6) is 0.104. The summed E-state index contributed by atoms with van der Waals surface area (Å²) in [6, 6.07) is 14.2. The van der Waals surface area contributed by atoms with E-state index in [1.165, 1.54) is 13.2 Å². The molecule has 0 saturated carbocycles. The summed E-state index contributed by atoms with van der Waals surface area (Å²) in [5, 5.41) is 2.98. The van der Waals surface area contributed by atoms with E-state index in [-0.39, 0.29) is 29.0 Å². The summed E-state index contributed by atoms with van der Waals surface area (Å²) < 4.78 is 32.0. The van der Waals surface area contributed by atoms with Crippen molar-refractivity contribution in [1.29, 1.82) is 0 Å². The number of carbonyl (C=O) groups excluding carboxylic acids is 1. The maximum absolute atomic E-state index is 12.9. The van der Waals surface area contributed by atoms with Gasteiger partial charge in [0.05, 0.1) is 30.2 Å². The molecular formula is C20H26N2O4S. The van der Waals surface area contributed by atoms with Gasteiger partial charge in [-0.1, -0.05) is 44.2 Å². The fourth-order valence-electron chi connectivity index (χ4n) is 2.76. The molecule has 1 atom stereocenters. The van der Waals surface area contributed by atoms with E-state index in [1.54, 1.807) is 19.1 Å². The molecule has 0 radical (unpaired) electrons. The maximum atomic E-state index is 12.9. The topological polar surface area (TPSA) is 84.5 Å². The highest BCUT2D eigenvalue weighted by molar-refractivity contribution is 7.92. The summed E-state index contributed by atoms with van der Waals surface area (Å²) in [7, 11) is -2.02. The first-order chi connectivity index (χ1) is 12.9. The smallest absolute Gasteiger partial charge is 0.254 e. The molecule has 0 aliphatic heterocycles. The molecule has 0 spiro atoms. The van der Waals surface area contributed by atoms with Gasteiger partial charge in [0.15, 0.2) is 0 Å². The van der Waals surface area contributed by atoms with Crippen LogP contribution in [0.3, 0.4) is 0 Å². The fourth-order valence-corrected chi connectivity index (χ4v) is 3.91. The fraction of sp³-hybridized carbons (Fsp3) is 0.350. The second kappa shape index (κ2) is 9.41. The van der Waals surface area contributed by atoms with Crippen LogP contribution in [-0.4, -0.2) is 27.2 Å². The highest BCUT2D eigenvalue weighted by atomic mass is 32.2. The lowest BCUT2D eigenvalue weighted by Gasteiger charge is -2.19. The summed E-state index contributed by atoms with van der Waals surface area (Å²) >= 11 is 0. The Morgan fingerprint density at radius 2 is 1.81 bits per heavy atom. The third-order valence-corrected chi connectivity index (χ3v) is 5.60. The molecule has 146 valence electrons. The first-order valence-corrected chi connectivity index (χ1v) is 10.6. The summed E-state index contributed by atoms with van der Waals surface area (Å²) in [6.45, 7) is 3.76. The minimum absolute atomic E-state index is 0.0122. The monoisotopic (exact) mass is 390 g/mol. The molecule has 2 aromatic rings. The van der Waals surface area contributed by atoms with Crippen LogP contribution < -0.4 is 14.8 Å². The predicted molar refractivity (Wildman–Crippen MR) is 108 cm³/mol. The van der Waals surface area contributed by atoms with E-state index in [0.29, 0.717) is 18.6 Å². The quantitative estimate of drug-likeness (QED) is 0.683. The van der Waals surface area contributed by atoms with Crippen LogP contribution in [0, 0.1) is 0 Å². The van der Waals surface area contributed by atoms with Crippen molar-refractivity contribution in [3.63, 3.8) is 0 Å². The standard InChI is InChI=1S/C20H26N2O4S/c1-4-13-27(24,25)22-19-12-11-16(26-3)14-17(19)20(23)21-18(5-2)15-9-7-6-8-10-15/h6-12,14,18,22H,4-5,13H2,1-3H3,(H,21,23)/t18-/m0/s1. The van der Waals surface area contributed by atoms with Crippen LogP contribution in [0.2, 0.25) is 0 Å². The molecule has 2 aromatic carbocycles. The van der Waals surface area contributed by atoms with Crippen molar-refractivity contribution in [2.24, 2.45) is 0 Å². The third kappa shape index (κ3) is 5.72. The first-order valence-electron chi connectivity index (χ1n) is 8.94. The Balaban J connectivity index is 2.32. The van der Waals surface area contributed by atoms with E-state index < -0.39 is 10.0 Å². The Bertz CT molecular complexity index is 867. The number of anilines is 1. The molecule has 0 aliphatic rings. The number of rotatable bonds is 9. The van der Waals surface area contributed by atoms with Crippen molar-refractivity contribution in [3.05, 3.63) is 59.7 Å². The lowest BCUT2D eigenvalue weighted by atomic mass is 10.0. The van der Waals surface area contributed by atoms with E-state index in [2.05, 4.69) is 10.0 Å². The number of methoxy groups -OCH3 is 1. The number of benzene rings is 2. The molecule has 0 heterocycles. The van der Waals surface area contributed by atoms with Crippen LogP contribution in [0.15, 0.2) is 48.5 Å². The Labute approximate surface area is 161 Å². The van der Waals surface area contributed by atoms with Gasteiger partial charge in [0.1, 0.15) is 5.75 Å². The van der Waals surface area contributed by atoms with Crippen LogP contribution in [0.4, 0.5) is 5.69 Å². The minimum atomic E-state index is -3.52. The van der Waals surface area contributed by atoms with E-state index in [4.69, 9.17) is 4.74 Å². The summed E-state index contributed by atoms with van der Waals surface area (Å²) in [6.07, 6.45) is 1.19. The van der Waals surface area contributed by atoms with Gasteiger partial charge in [0, 0.05) is 0 Å². The van der Waals surface area contributed by atoms with Crippen molar-refractivity contribution in [2.75, 3.05) is 17.6 Å². The van der Waals surface area contributed by atoms with Gasteiger partial charge in [-0.05, 0) is 36.6 Å². The molecule has 2 rings (SSSR count). The zero-order valence-corrected chi connectivity index (χ0v) is 16.7. The summed E-state index contributed by atoms with van der Waals surface area (Å²) in [4.78, 5) is 12.9. The second-order valence-corrected chi connectivity index (χ2v) is 8.02. The van der Waals surface area contributed by atoms with E-state index >= 15 is 0 Å². The number of sulfonamides is 1. The molecule has 2 N–H and O–H groups in total. The number of nitrogens with one attached hydrogen (secondary N) is 2. The first kappa shape index (κ1) is 20.8. The molecule has 0 aliphatic carbocycles. The molecule has 0 aromatic heterocycles. The van der Waals surface area contributed by atoms with Crippen LogP contribution in [0.1, 0.15) is 48.7 Å². The van der Waals surface area contributed by atoms with Gasteiger partial charge in [-0.25, -0.2) is 8.42 Å². The van der Waals surface area contributed by atoms with Crippen molar-refractivity contribution >= 4 is 21.6 Å². The lowest BCUT2D eigenvalue weighted by Crippen LogP contribution is -2.29. The van der Waals surface area contributed by atoms with Crippen LogP contribution >= 0.6 is 0 Å². The second-order valence-electron chi connectivity index (χ2n) is 6.18. The van der Waals surface area contributed by atoms with Gasteiger partial charge in [0.25, 0.3) is 5.91 Å². The molecular weight excluding hydrogens is 364 g/mol. The van der Waals surface area contributed by atoms with Gasteiger partial charge in [-0.2, -0.15) is 0 Å². The number of amides is 1. The van der Waals surface area contributed by atoms with Gasteiger partial charge in [-0.3, -0.25) is 9.52 Å². The number of ether oxygens (including phenoxy) is 1. The molecule has 0 bridgehead atoms. The van der Waals surface area contributed by atoms with Gasteiger partial charge in [-0.15, -0.1) is 0 Å². The minimum Gasteiger partial charge on any atom is -0.497 e. The molecule has 0 saturated heterocycles. The van der Waals surface area contributed by atoms with Gasteiger partial charge in [0.2, 0.25) is 10.0 Å². The van der Waals surface area contributed by atoms with Crippen LogP contribution in [0.25, 0.3) is 0 Å². The van der Waals surface area contributed by atoms with Crippen molar-refractivity contribution < 1.29 is 17.9 Å². The van der Waals surface area contributed by atoms with E-state index in [0.717, 1.165) is 5.56 Å². The van der Waals surface area contributed by atoms with Gasteiger partial charge < -0.3 is 10.1 Å². The van der Waals surface area contributed by atoms with Crippen molar-refractivity contribution in [3.8, 4) is 5.75 Å². The molecule has 6 nitrogen and oxygen atoms in total. The van der Waals surface area contributed by atoms with E-state index in [1.807, 2.05) is 37.3 Å². The summed E-state index contributed by atoms with van der Waals surface area (Å²) in [5.41, 5.74) is 1.46. The molecule has 1 amide bonds. The Morgan fingerprint density at radius 3 is 2.41 bits per heavy atom. The highest BCUT2D eigenvalue weighted by Gasteiger charge is 2.20. The Hall–Kier alpha value is -2.54. The van der Waals surface area contributed by atoms with Crippen LogP contribution in [-0.2, 0) is 10.0 Å². The SMILES string of the molecule is CCCS(=O)(=O)Nc1ccc(OC)cc1C(=O)N[C@@H](CC)c1ccccc1. The van der Waals surface area contributed by atoms with Crippen molar-refractivity contribution in [1.82, 2.24) is 5.32 Å². The third-order valence-electron chi connectivity index (χ3n) is 4.13.